The predicted molar refractivity (Wildman–Crippen MR) is 113 cm³/mol. The van der Waals surface area contributed by atoms with Crippen molar-refractivity contribution >= 4 is 57.9 Å². The number of hydrogen-bond acceptors (Lipinski definition) is 4. The molecule has 0 aliphatic carbocycles. The van der Waals surface area contributed by atoms with E-state index >= 15 is 0 Å². The molecule has 0 spiro atoms. The summed E-state index contributed by atoms with van der Waals surface area (Å²) in [6.07, 6.45) is 1.74. The largest absolute Gasteiger partial charge is 0.367 e. The van der Waals surface area contributed by atoms with Crippen molar-refractivity contribution in [2.45, 2.75) is 19.8 Å². The lowest BCUT2D eigenvalue weighted by molar-refractivity contribution is -0.122. The molecule has 0 atom stereocenters. The summed E-state index contributed by atoms with van der Waals surface area (Å²) in [6, 6.07) is 13.0. The lowest BCUT2D eigenvalue weighted by atomic mass is 10.0. The van der Waals surface area contributed by atoms with E-state index in [1.54, 1.807) is 24.3 Å². The maximum absolute atomic E-state index is 12.6. The summed E-state index contributed by atoms with van der Waals surface area (Å²) in [5.74, 6) is 0.129. The van der Waals surface area contributed by atoms with Crippen LogP contribution in [0, 0.1) is 0 Å². The molecule has 0 bridgehead atoms. The summed E-state index contributed by atoms with van der Waals surface area (Å²) in [4.78, 5) is 26.4. The van der Waals surface area contributed by atoms with Gasteiger partial charge in [0.2, 0.25) is 0 Å². The van der Waals surface area contributed by atoms with Crippen molar-refractivity contribution in [2.24, 2.45) is 0 Å². The van der Waals surface area contributed by atoms with E-state index in [4.69, 9.17) is 23.2 Å². The SMILES string of the molecule is CC(C)c1ccc(C=C2SC(=O)N(CNc3ccc(Cl)c(Cl)c3)C2=O)cc1. The molecule has 2 amide bonds. The number of benzene rings is 2. The number of halogens is 2. The molecule has 1 heterocycles. The number of anilines is 1. The number of nitrogens with one attached hydrogen (secondary N) is 1. The molecule has 2 aromatic carbocycles. The van der Waals surface area contributed by atoms with Crippen LogP contribution < -0.4 is 5.32 Å². The Labute approximate surface area is 172 Å². The summed E-state index contributed by atoms with van der Waals surface area (Å²) in [5, 5.41) is 3.56. The van der Waals surface area contributed by atoms with Crippen molar-refractivity contribution in [2.75, 3.05) is 12.0 Å². The van der Waals surface area contributed by atoms with Gasteiger partial charge in [0.05, 0.1) is 21.6 Å². The van der Waals surface area contributed by atoms with E-state index in [9.17, 15) is 9.59 Å². The highest BCUT2D eigenvalue weighted by Gasteiger charge is 2.34. The molecule has 2 aromatic rings. The van der Waals surface area contributed by atoms with Gasteiger partial charge in [0, 0.05) is 5.69 Å². The second-order valence-electron chi connectivity index (χ2n) is 6.39. The molecule has 7 heteroatoms. The van der Waals surface area contributed by atoms with E-state index in [1.165, 1.54) is 10.5 Å². The highest BCUT2D eigenvalue weighted by molar-refractivity contribution is 8.18. The summed E-state index contributed by atoms with van der Waals surface area (Å²) in [6.45, 7) is 4.31. The van der Waals surface area contributed by atoms with Crippen LogP contribution in [0.25, 0.3) is 6.08 Å². The highest BCUT2D eigenvalue weighted by Crippen LogP contribution is 2.32. The topological polar surface area (TPSA) is 49.4 Å². The fourth-order valence-corrected chi connectivity index (χ4v) is 3.68. The molecule has 140 valence electrons. The van der Waals surface area contributed by atoms with Crippen molar-refractivity contribution in [1.82, 2.24) is 4.90 Å². The van der Waals surface area contributed by atoms with E-state index in [-0.39, 0.29) is 17.8 Å². The van der Waals surface area contributed by atoms with E-state index < -0.39 is 0 Å². The predicted octanol–water partition coefficient (Wildman–Crippen LogP) is 6.22. The molecule has 0 radical (unpaired) electrons. The second-order valence-corrected chi connectivity index (χ2v) is 8.20. The third-order valence-corrected chi connectivity index (χ3v) is 5.78. The Morgan fingerprint density at radius 1 is 1.07 bits per heavy atom. The van der Waals surface area contributed by atoms with Gasteiger partial charge in [-0.1, -0.05) is 61.3 Å². The zero-order chi connectivity index (χ0) is 19.6. The Morgan fingerprint density at radius 3 is 2.41 bits per heavy atom. The van der Waals surface area contributed by atoms with Crippen LogP contribution in [0.1, 0.15) is 30.9 Å². The molecule has 1 aliphatic heterocycles. The fourth-order valence-electron chi connectivity index (χ4n) is 2.54. The summed E-state index contributed by atoms with van der Waals surface area (Å²) < 4.78 is 0. The lowest BCUT2D eigenvalue weighted by Gasteiger charge is -2.14. The van der Waals surface area contributed by atoms with E-state index in [0.29, 0.717) is 26.6 Å². The third-order valence-electron chi connectivity index (χ3n) is 4.14. The van der Waals surface area contributed by atoms with Gasteiger partial charge in [0.25, 0.3) is 11.1 Å². The first kappa shape index (κ1) is 19.8. The van der Waals surface area contributed by atoms with Crippen LogP contribution in [0.15, 0.2) is 47.4 Å². The smallest absolute Gasteiger partial charge is 0.295 e. The zero-order valence-corrected chi connectivity index (χ0v) is 17.2. The monoisotopic (exact) mass is 420 g/mol. The molecule has 27 heavy (non-hydrogen) atoms. The van der Waals surface area contributed by atoms with Gasteiger partial charge < -0.3 is 5.32 Å². The van der Waals surface area contributed by atoms with Crippen LogP contribution in [0.5, 0.6) is 0 Å². The van der Waals surface area contributed by atoms with Crippen LogP contribution in [-0.2, 0) is 4.79 Å². The molecule has 4 nitrogen and oxygen atoms in total. The van der Waals surface area contributed by atoms with E-state index in [0.717, 1.165) is 17.3 Å². The zero-order valence-electron chi connectivity index (χ0n) is 14.8. The standard InChI is InChI=1S/C20H18Cl2N2O2S/c1-12(2)14-5-3-13(4-6-14)9-18-19(25)24(20(26)27-18)11-23-15-7-8-16(21)17(22)10-15/h3-10,12,23H,11H2,1-2H3. The van der Waals surface area contributed by atoms with E-state index in [1.807, 2.05) is 24.3 Å². The number of carbonyl (C=O) groups is 2. The number of imide groups is 1. The van der Waals surface area contributed by atoms with Crippen molar-refractivity contribution in [3.05, 3.63) is 68.5 Å². The number of thioether (sulfide) groups is 1. The van der Waals surface area contributed by atoms with Gasteiger partial charge in [0.15, 0.2) is 0 Å². The van der Waals surface area contributed by atoms with Crippen molar-refractivity contribution in [3.8, 4) is 0 Å². The Kier molecular flexibility index (Phi) is 6.15. The Hall–Kier alpha value is -1.95. The van der Waals surface area contributed by atoms with Crippen LogP contribution in [0.4, 0.5) is 10.5 Å². The summed E-state index contributed by atoms with van der Waals surface area (Å²) in [7, 11) is 0. The molecule has 0 unspecified atom stereocenters. The van der Waals surface area contributed by atoms with Gasteiger partial charge in [-0.2, -0.15) is 0 Å². The molecule has 1 aliphatic rings. The number of carbonyl (C=O) groups excluding carboxylic acids is 2. The first-order valence-corrected chi connectivity index (χ1v) is 9.96. The van der Waals surface area contributed by atoms with Gasteiger partial charge in [-0.15, -0.1) is 0 Å². The molecular formula is C20H18Cl2N2O2S. The highest BCUT2D eigenvalue weighted by atomic mass is 35.5. The minimum absolute atomic E-state index is 0.0618. The quantitative estimate of drug-likeness (QED) is 0.582. The normalized spacial score (nSPS) is 15.9. The van der Waals surface area contributed by atoms with Crippen molar-refractivity contribution in [1.29, 1.82) is 0 Å². The lowest BCUT2D eigenvalue weighted by Crippen LogP contribution is -2.33. The Bertz CT molecular complexity index is 911. The number of rotatable bonds is 5. The van der Waals surface area contributed by atoms with Gasteiger partial charge in [-0.25, -0.2) is 0 Å². The second kappa shape index (κ2) is 8.38. The van der Waals surface area contributed by atoms with Gasteiger partial charge in [-0.05, 0) is 53.1 Å². The molecule has 3 rings (SSSR count). The van der Waals surface area contributed by atoms with Crippen LogP contribution in [-0.4, -0.2) is 22.7 Å². The maximum atomic E-state index is 12.6. The van der Waals surface area contributed by atoms with Crippen molar-refractivity contribution < 1.29 is 9.59 Å². The molecule has 0 saturated carbocycles. The first-order valence-electron chi connectivity index (χ1n) is 8.39. The Morgan fingerprint density at radius 2 is 1.78 bits per heavy atom. The minimum Gasteiger partial charge on any atom is -0.367 e. The average Bonchev–Trinajstić information content (AvgIpc) is 2.90. The third kappa shape index (κ3) is 4.67. The van der Waals surface area contributed by atoms with Crippen molar-refractivity contribution in [3.63, 3.8) is 0 Å². The molecule has 1 N–H and O–H groups in total. The van der Waals surface area contributed by atoms with Gasteiger partial charge >= 0.3 is 0 Å². The minimum atomic E-state index is -0.314. The number of hydrogen-bond donors (Lipinski definition) is 1. The molecule has 1 saturated heterocycles. The van der Waals surface area contributed by atoms with Crippen LogP contribution in [0.2, 0.25) is 10.0 Å². The van der Waals surface area contributed by atoms with Crippen LogP contribution >= 0.6 is 35.0 Å². The first-order chi connectivity index (χ1) is 12.8. The number of amides is 2. The maximum Gasteiger partial charge on any atom is 0.295 e. The molecular weight excluding hydrogens is 403 g/mol. The van der Waals surface area contributed by atoms with Gasteiger partial charge in [0.1, 0.15) is 0 Å². The Balaban J connectivity index is 1.69. The fraction of sp³-hybridized carbons (Fsp3) is 0.200. The summed E-state index contributed by atoms with van der Waals surface area (Å²) in [5.41, 5.74) is 2.80. The number of nitrogens with zero attached hydrogens (tertiary/aromatic N) is 1. The molecule has 0 aromatic heterocycles. The van der Waals surface area contributed by atoms with Crippen LogP contribution in [0.3, 0.4) is 0 Å². The summed E-state index contributed by atoms with van der Waals surface area (Å²) >= 11 is 12.8. The molecule has 1 fully saturated rings. The van der Waals surface area contributed by atoms with E-state index in [2.05, 4.69) is 19.2 Å². The average molecular weight is 421 g/mol. The van der Waals surface area contributed by atoms with Gasteiger partial charge in [-0.3, -0.25) is 14.5 Å².